The molecule has 4 nitrogen and oxygen atoms in total. The number of likely N-dealkylation sites (N-methyl/N-ethyl adjacent to an activating group) is 1. The number of rotatable bonds is 5. The third-order valence-electron chi connectivity index (χ3n) is 2.82. The number of amides is 2. The van der Waals surface area contributed by atoms with Gasteiger partial charge in [0.1, 0.15) is 0 Å². The van der Waals surface area contributed by atoms with Gasteiger partial charge in [0, 0.05) is 23.1 Å². The summed E-state index contributed by atoms with van der Waals surface area (Å²) in [5.74, 6) is -0.296. The number of aryl methyl sites for hydroxylation is 1. The van der Waals surface area contributed by atoms with E-state index in [1.165, 1.54) is 0 Å². The third-order valence-corrected chi connectivity index (χ3v) is 3.28. The zero-order valence-corrected chi connectivity index (χ0v) is 13.1. The van der Waals surface area contributed by atoms with Crippen LogP contribution in [0, 0.1) is 6.92 Å². The van der Waals surface area contributed by atoms with E-state index in [0.717, 1.165) is 10.0 Å². The lowest BCUT2D eigenvalue weighted by Crippen LogP contribution is -2.40. The number of nitrogens with one attached hydrogen (secondary N) is 1. The molecule has 0 spiro atoms. The molecule has 104 valence electrons. The van der Waals surface area contributed by atoms with Gasteiger partial charge in [0.25, 0.3) is 5.91 Å². The van der Waals surface area contributed by atoms with Crippen LogP contribution in [0.2, 0.25) is 0 Å². The standard InChI is InChI=1S/C14H19BrN2O2/c1-4-17(5-2)13(18)9-16-14(19)11-6-10(3)7-12(15)8-11/h6-8H,4-5,9H2,1-3H3,(H,16,19). The first-order valence-corrected chi connectivity index (χ1v) is 7.10. The molecule has 0 fully saturated rings. The minimum Gasteiger partial charge on any atom is -0.343 e. The van der Waals surface area contributed by atoms with Crippen LogP contribution in [0.15, 0.2) is 22.7 Å². The fourth-order valence-electron chi connectivity index (χ4n) is 1.81. The van der Waals surface area contributed by atoms with Crippen LogP contribution in [0.3, 0.4) is 0 Å². The fraction of sp³-hybridized carbons (Fsp3) is 0.429. The van der Waals surface area contributed by atoms with Gasteiger partial charge in [0.2, 0.25) is 5.91 Å². The highest BCUT2D eigenvalue weighted by Gasteiger charge is 2.12. The molecular weight excluding hydrogens is 308 g/mol. The van der Waals surface area contributed by atoms with Crippen molar-refractivity contribution in [1.29, 1.82) is 0 Å². The van der Waals surface area contributed by atoms with Gasteiger partial charge in [-0.1, -0.05) is 15.9 Å². The first-order valence-electron chi connectivity index (χ1n) is 6.31. The second-order valence-corrected chi connectivity index (χ2v) is 5.18. The minimum atomic E-state index is -0.232. The Morgan fingerprint density at radius 1 is 1.21 bits per heavy atom. The summed E-state index contributed by atoms with van der Waals surface area (Å²) in [7, 11) is 0. The Kier molecular flexibility index (Phi) is 6.02. The van der Waals surface area contributed by atoms with Crippen LogP contribution in [0.4, 0.5) is 0 Å². The molecule has 0 saturated heterocycles. The summed E-state index contributed by atoms with van der Waals surface area (Å²) in [4.78, 5) is 25.4. The van der Waals surface area contributed by atoms with Crippen molar-refractivity contribution in [2.45, 2.75) is 20.8 Å². The Labute approximate surface area is 122 Å². The number of hydrogen-bond donors (Lipinski definition) is 1. The highest BCUT2D eigenvalue weighted by Crippen LogP contribution is 2.15. The average Bonchev–Trinajstić information content (AvgIpc) is 2.36. The summed E-state index contributed by atoms with van der Waals surface area (Å²) in [6.45, 7) is 7.10. The Morgan fingerprint density at radius 2 is 1.84 bits per heavy atom. The number of benzene rings is 1. The number of hydrogen-bond acceptors (Lipinski definition) is 2. The van der Waals surface area contributed by atoms with Crippen LogP contribution < -0.4 is 5.32 Å². The van der Waals surface area contributed by atoms with Gasteiger partial charge in [-0.25, -0.2) is 0 Å². The van der Waals surface area contributed by atoms with Gasteiger partial charge in [-0.3, -0.25) is 9.59 Å². The number of halogens is 1. The Balaban J connectivity index is 2.63. The van der Waals surface area contributed by atoms with E-state index in [2.05, 4.69) is 21.2 Å². The predicted molar refractivity (Wildman–Crippen MR) is 79.1 cm³/mol. The van der Waals surface area contributed by atoms with Crippen LogP contribution in [-0.2, 0) is 4.79 Å². The average molecular weight is 327 g/mol. The van der Waals surface area contributed by atoms with Crippen molar-refractivity contribution in [1.82, 2.24) is 10.2 Å². The van der Waals surface area contributed by atoms with Crippen molar-refractivity contribution in [3.8, 4) is 0 Å². The minimum absolute atomic E-state index is 0.0338. The fourth-order valence-corrected chi connectivity index (χ4v) is 2.42. The molecule has 0 saturated carbocycles. The molecule has 0 aliphatic carbocycles. The first kappa shape index (κ1) is 15.7. The molecule has 0 unspecified atom stereocenters. The Hall–Kier alpha value is -1.36. The van der Waals surface area contributed by atoms with Gasteiger partial charge in [-0.05, 0) is 44.5 Å². The van der Waals surface area contributed by atoms with Crippen molar-refractivity contribution in [2.75, 3.05) is 19.6 Å². The second-order valence-electron chi connectivity index (χ2n) is 4.27. The van der Waals surface area contributed by atoms with Crippen molar-refractivity contribution >= 4 is 27.7 Å². The van der Waals surface area contributed by atoms with E-state index in [1.54, 1.807) is 17.0 Å². The molecule has 2 amide bonds. The molecule has 0 aliphatic rings. The third kappa shape index (κ3) is 4.67. The molecule has 0 aromatic heterocycles. The van der Waals surface area contributed by atoms with Crippen molar-refractivity contribution < 1.29 is 9.59 Å². The van der Waals surface area contributed by atoms with E-state index in [-0.39, 0.29) is 18.4 Å². The van der Waals surface area contributed by atoms with E-state index in [0.29, 0.717) is 18.7 Å². The van der Waals surface area contributed by atoms with E-state index in [1.807, 2.05) is 26.8 Å². The Bertz CT molecular complexity index is 450. The van der Waals surface area contributed by atoms with E-state index < -0.39 is 0 Å². The molecule has 1 aromatic carbocycles. The molecule has 1 aromatic rings. The largest absolute Gasteiger partial charge is 0.343 e. The summed E-state index contributed by atoms with van der Waals surface area (Å²) in [6, 6.07) is 5.46. The predicted octanol–water partition coefficient (Wildman–Crippen LogP) is 2.36. The van der Waals surface area contributed by atoms with Crippen LogP contribution in [-0.4, -0.2) is 36.3 Å². The highest BCUT2D eigenvalue weighted by molar-refractivity contribution is 9.10. The van der Waals surface area contributed by atoms with Gasteiger partial charge in [-0.15, -0.1) is 0 Å². The van der Waals surface area contributed by atoms with Crippen molar-refractivity contribution in [3.63, 3.8) is 0 Å². The van der Waals surface area contributed by atoms with Crippen molar-refractivity contribution in [2.24, 2.45) is 0 Å². The molecule has 0 bridgehead atoms. The summed E-state index contributed by atoms with van der Waals surface area (Å²) in [6.07, 6.45) is 0. The molecule has 0 radical (unpaired) electrons. The number of carbonyl (C=O) groups excluding carboxylic acids is 2. The molecule has 1 rings (SSSR count). The monoisotopic (exact) mass is 326 g/mol. The molecule has 1 N–H and O–H groups in total. The second kappa shape index (κ2) is 7.28. The van der Waals surface area contributed by atoms with Gasteiger partial charge >= 0.3 is 0 Å². The zero-order chi connectivity index (χ0) is 14.4. The van der Waals surface area contributed by atoms with E-state index in [9.17, 15) is 9.59 Å². The lowest BCUT2D eigenvalue weighted by Gasteiger charge is -2.18. The molecule has 19 heavy (non-hydrogen) atoms. The van der Waals surface area contributed by atoms with Crippen LogP contribution in [0.1, 0.15) is 29.8 Å². The maximum absolute atomic E-state index is 12.0. The molecule has 0 aliphatic heterocycles. The van der Waals surface area contributed by atoms with Crippen LogP contribution >= 0.6 is 15.9 Å². The molecular formula is C14H19BrN2O2. The normalized spacial score (nSPS) is 10.1. The maximum atomic E-state index is 12.0. The van der Waals surface area contributed by atoms with Gasteiger partial charge in [0.15, 0.2) is 0 Å². The quantitative estimate of drug-likeness (QED) is 0.903. The number of carbonyl (C=O) groups is 2. The summed E-state index contributed by atoms with van der Waals surface area (Å²) < 4.78 is 0.854. The zero-order valence-electron chi connectivity index (χ0n) is 11.5. The van der Waals surface area contributed by atoms with Crippen LogP contribution in [0.5, 0.6) is 0 Å². The summed E-state index contributed by atoms with van der Waals surface area (Å²) in [5.41, 5.74) is 1.55. The SMILES string of the molecule is CCN(CC)C(=O)CNC(=O)c1cc(C)cc(Br)c1. The van der Waals surface area contributed by atoms with Crippen molar-refractivity contribution in [3.05, 3.63) is 33.8 Å². The first-order chi connectivity index (χ1) is 8.97. The van der Waals surface area contributed by atoms with E-state index >= 15 is 0 Å². The maximum Gasteiger partial charge on any atom is 0.251 e. The topological polar surface area (TPSA) is 49.4 Å². The Morgan fingerprint density at radius 3 is 2.37 bits per heavy atom. The van der Waals surface area contributed by atoms with Gasteiger partial charge in [0.05, 0.1) is 6.54 Å². The smallest absolute Gasteiger partial charge is 0.251 e. The molecule has 5 heteroatoms. The van der Waals surface area contributed by atoms with Gasteiger partial charge < -0.3 is 10.2 Å². The summed E-state index contributed by atoms with van der Waals surface area (Å²) in [5, 5.41) is 2.65. The highest BCUT2D eigenvalue weighted by atomic mass is 79.9. The number of nitrogens with zero attached hydrogens (tertiary/aromatic N) is 1. The lowest BCUT2D eigenvalue weighted by molar-refractivity contribution is -0.129. The lowest BCUT2D eigenvalue weighted by atomic mass is 10.1. The van der Waals surface area contributed by atoms with Crippen LogP contribution in [0.25, 0.3) is 0 Å². The van der Waals surface area contributed by atoms with E-state index in [4.69, 9.17) is 0 Å². The van der Waals surface area contributed by atoms with Gasteiger partial charge in [-0.2, -0.15) is 0 Å². The summed E-state index contributed by atoms with van der Waals surface area (Å²) >= 11 is 3.35. The molecule has 0 atom stereocenters. The molecule has 0 heterocycles.